The number of hydrogen-bond donors (Lipinski definition) is 2. The first-order valence-corrected chi connectivity index (χ1v) is 6.51. The molecule has 4 nitrogen and oxygen atoms in total. The van der Waals surface area contributed by atoms with Crippen molar-refractivity contribution in [1.82, 2.24) is 0 Å². The van der Waals surface area contributed by atoms with Crippen LogP contribution in [0.3, 0.4) is 0 Å². The molecule has 0 heterocycles. The monoisotopic (exact) mass is 291 g/mol. The summed E-state index contributed by atoms with van der Waals surface area (Å²) in [6, 6.07) is 11.3. The van der Waals surface area contributed by atoms with E-state index in [1.165, 1.54) is 6.07 Å². The summed E-state index contributed by atoms with van der Waals surface area (Å²) < 4.78 is 5.34. The number of benzene rings is 2. The van der Waals surface area contributed by atoms with Crippen LogP contribution in [0.1, 0.15) is 17.3 Å². The van der Waals surface area contributed by atoms with E-state index in [0.29, 0.717) is 22.9 Å². The summed E-state index contributed by atoms with van der Waals surface area (Å²) in [5.74, 6) is -0.0497. The Hall–Kier alpha value is -2.20. The summed E-state index contributed by atoms with van der Waals surface area (Å²) in [5, 5.41) is 13.0. The Kier molecular flexibility index (Phi) is 4.48. The van der Waals surface area contributed by atoms with E-state index >= 15 is 0 Å². The van der Waals surface area contributed by atoms with Gasteiger partial charge in [0.05, 0.1) is 12.3 Å². The van der Waals surface area contributed by atoms with E-state index in [4.69, 9.17) is 16.3 Å². The largest absolute Gasteiger partial charge is 0.504 e. The van der Waals surface area contributed by atoms with Gasteiger partial charge in [0.25, 0.3) is 5.91 Å². The van der Waals surface area contributed by atoms with E-state index in [1.807, 2.05) is 0 Å². The number of phenols is 1. The lowest BCUT2D eigenvalue weighted by Gasteiger charge is -2.12. The lowest BCUT2D eigenvalue weighted by molar-refractivity contribution is 0.102. The van der Waals surface area contributed by atoms with Crippen LogP contribution in [0, 0.1) is 0 Å². The molecule has 2 N–H and O–H groups in total. The van der Waals surface area contributed by atoms with E-state index in [2.05, 4.69) is 5.32 Å². The van der Waals surface area contributed by atoms with Gasteiger partial charge in [0, 0.05) is 10.6 Å². The van der Waals surface area contributed by atoms with Crippen LogP contribution < -0.4 is 10.1 Å². The summed E-state index contributed by atoms with van der Waals surface area (Å²) in [5.41, 5.74) is 0.895. The first-order valence-electron chi connectivity index (χ1n) is 6.13. The Morgan fingerprint density at radius 2 is 1.95 bits per heavy atom. The van der Waals surface area contributed by atoms with E-state index in [9.17, 15) is 9.90 Å². The predicted octanol–water partition coefficient (Wildman–Crippen LogP) is 3.70. The lowest BCUT2D eigenvalue weighted by Crippen LogP contribution is -2.12. The fraction of sp³-hybridized carbons (Fsp3) is 0.133. The summed E-state index contributed by atoms with van der Waals surface area (Å²) in [4.78, 5) is 12.1. The molecule has 2 rings (SSSR count). The van der Waals surface area contributed by atoms with Crippen LogP contribution in [0.2, 0.25) is 5.02 Å². The first-order chi connectivity index (χ1) is 9.61. The fourth-order valence-corrected chi connectivity index (χ4v) is 1.84. The molecular weight excluding hydrogens is 278 g/mol. The van der Waals surface area contributed by atoms with Gasteiger partial charge in [0.1, 0.15) is 0 Å². The maximum Gasteiger partial charge on any atom is 0.255 e. The second-order valence-electron chi connectivity index (χ2n) is 4.05. The fourth-order valence-electron chi connectivity index (χ4n) is 1.72. The summed E-state index contributed by atoms with van der Waals surface area (Å²) in [6.45, 7) is 2.19. The molecule has 5 heteroatoms. The Morgan fingerprint density at radius 1 is 1.25 bits per heavy atom. The number of halogens is 1. The standard InChI is InChI=1S/C15H14ClNO3/c1-2-20-14-12(4-3-5-13(14)18)17-15(19)10-6-8-11(16)9-7-10/h3-9,18H,2H2,1H3,(H,17,19). The molecule has 2 aromatic carbocycles. The molecular formula is C15H14ClNO3. The van der Waals surface area contributed by atoms with E-state index in [-0.39, 0.29) is 17.4 Å². The second-order valence-corrected chi connectivity index (χ2v) is 4.48. The van der Waals surface area contributed by atoms with Crippen molar-refractivity contribution in [1.29, 1.82) is 0 Å². The van der Waals surface area contributed by atoms with Gasteiger partial charge in [0.15, 0.2) is 11.5 Å². The number of rotatable bonds is 4. The molecule has 0 aliphatic carbocycles. The third-order valence-electron chi connectivity index (χ3n) is 2.64. The van der Waals surface area contributed by atoms with Crippen LogP contribution in [-0.4, -0.2) is 17.6 Å². The van der Waals surface area contributed by atoms with Crippen LogP contribution in [0.25, 0.3) is 0 Å². The Morgan fingerprint density at radius 3 is 2.60 bits per heavy atom. The van der Waals surface area contributed by atoms with Crippen LogP contribution in [0.4, 0.5) is 5.69 Å². The van der Waals surface area contributed by atoms with Crippen molar-refractivity contribution in [2.24, 2.45) is 0 Å². The third kappa shape index (κ3) is 3.22. The number of carbonyl (C=O) groups excluding carboxylic acids is 1. The van der Waals surface area contributed by atoms with Gasteiger partial charge in [-0.1, -0.05) is 17.7 Å². The Labute approximate surface area is 122 Å². The average Bonchev–Trinajstić information content (AvgIpc) is 2.43. The number of carbonyl (C=O) groups is 1. The number of para-hydroxylation sites is 1. The van der Waals surface area contributed by atoms with Crippen molar-refractivity contribution in [2.45, 2.75) is 6.92 Å². The number of aromatic hydroxyl groups is 1. The molecule has 0 fully saturated rings. The summed E-state index contributed by atoms with van der Waals surface area (Å²) in [6.07, 6.45) is 0. The Balaban J connectivity index is 2.23. The molecule has 0 aliphatic heterocycles. The van der Waals surface area contributed by atoms with E-state index < -0.39 is 0 Å². The van der Waals surface area contributed by atoms with Crippen LogP contribution in [0.15, 0.2) is 42.5 Å². The van der Waals surface area contributed by atoms with Gasteiger partial charge < -0.3 is 15.2 Å². The first kappa shape index (κ1) is 14.2. The number of hydrogen-bond acceptors (Lipinski definition) is 3. The van der Waals surface area contributed by atoms with Crippen molar-refractivity contribution in [2.75, 3.05) is 11.9 Å². The molecule has 0 saturated carbocycles. The highest BCUT2D eigenvalue weighted by atomic mass is 35.5. The predicted molar refractivity (Wildman–Crippen MR) is 78.7 cm³/mol. The minimum atomic E-state index is -0.298. The number of anilines is 1. The van der Waals surface area contributed by atoms with E-state index in [1.54, 1.807) is 43.3 Å². The quantitative estimate of drug-likeness (QED) is 0.903. The maximum absolute atomic E-state index is 12.1. The van der Waals surface area contributed by atoms with Crippen molar-refractivity contribution in [3.63, 3.8) is 0 Å². The van der Waals surface area contributed by atoms with Gasteiger partial charge in [0.2, 0.25) is 0 Å². The van der Waals surface area contributed by atoms with Crippen LogP contribution in [-0.2, 0) is 0 Å². The Bertz CT molecular complexity index is 611. The van der Waals surface area contributed by atoms with Gasteiger partial charge in [-0.3, -0.25) is 4.79 Å². The molecule has 2 aromatic rings. The molecule has 20 heavy (non-hydrogen) atoms. The summed E-state index contributed by atoms with van der Waals surface area (Å²) >= 11 is 5.78. The topological polar surface area (TPSA) is 58.6 Å². The highest BCUT2D eigenvalue weighted by Gasteiger charge is 2.12. The zero-order valence-electron chi connectivity index (χ0n) is 10.9. The molecule has 0 unspecified atom stereocenters. The molecule has 1 amide bonds. The van der Waals surface area contributed by atoms with Crippen molar-refractivity contribution < 1.29 is 14.6 Å². The van der Waals surface area contributed by atoms with Crippen molar-refractivity contribution in [3.8, 4) is 11.5 Å². The van der Waals surface area contributed by atoms with Gasteiger partial charge in [-0.05, 0) is 43.3 Å². The molecule has 0 aliphatic rings. The molecule has 0 saturated heterocycles. The van der Waals surface area contributed by atoms with Gasteiger partial charge in [-0.25, -0.2) is 0 Å². The smallest absolute Gasteiger partial charge is 0.255 e. The normalized spacial score (nSPS) is 10.1. The van der Waals surface area contributed by atoms with Gasteiger partial charge in [-0.2, -0.15) is 0 Å². The van der Waals surface area contributed by atoms with Crippen LogP contribution in [0.5, 0.6) is 11.5 Å². The maximum atomic E-state index is 12.1. The zero-order valence-corrected chi connectivity index (χ0v) is 11.6. The summed E-state index contributed by atoms with van der Waals surface area (Å²) in [7, 11) is 0. The number of phenolic OH excluding ortho intramolecular Hbond substituents is 1. The number of ether oxygens (including phenoxy) is 1. The number of amides is 1. The minimum Gasteiger partial charge on any atom is -0.504 e. The lowest BCUT2D eigenvalue weighted by atomic mass is 10.2. The third-order valence-corrected chi connectivity index (χ3v) is 2.89. The molecule has 0 radical (unpaired) electrons. The highest BCUT2D eigenvalue weighted by molar-refractivity contribution is 6.30. The second kappa shape index (κ2) is 6.30. The molecule has 0 atom stereocenters. The molecule has 0 bridgehead atoms. The van der Waals surface area contributed by atoms with Gasteiger partial charge in [-0.15, -0.1) is 0 Å². The zero-order chi connectivity index (χ0) is 14.5. The molecule has 0 spiro atoms. The van der Waals surface area contributed by atoms with E-state index in [0.717, 1.165) is 0 Å². The average molecular weight is 292 g/mol. The minimum absolute atomic E-state index is 0.0132. The van der Waals surface area contributed by atoms with Gasteiger partial charge >= 0.3 is 0 Å². The highest BCUT2D eigenvalue weighted by Crippen LogP contribution is 2.34. The van der Waals surface area contributed by atoms with Crippen molar-refractivity contribution in [3.05, 3.63) is 53.1 Å². The van der Waals surface area contributed by atoms with Crippen LogP contribution >= 0.6 is 11.6 Å². The SMILES string of the molecule is CCOc1c(O)cccc1NC(=O)c1ccc(Cl)cc1. The van der Waals surface area contributed by atoms with Crippen molar-refractivity contribution >= 4 is 23.2 Å². The number of nitrogens with one attached hydrogen (secondary N) is 1. The molecule has 104 valence electrons. The molecule has 0 aromatic heterocycles.